The topological polar surface area (TPSA) is 74.6 Å². The molecule has 0 saturated carbocycles. The molecule has 0 unspecified atom stereocenters. The second-order valence-corrected chi connectivity index (χ2v) is 5.55. The van der Waals surface area contributed by atoms with E-state index in [9.17, 15) is 0 Å². The van der Waals surface area contributed by atoms with Crippen LogP contribution in [0.15, 0.2) is 40.5 Å². The SMILES string of the molecule is COc1ccc2nc(Sc3cc(C#N)cc(Cl)n3)[nH]c2c1. The van der Waals surface area contributed by atoms with Crippen molar-refractivity contribution in [2.45, 2.75) is 10.2 Å². The summed E-state index contributed by atoms with van der Waals surface area (Å²) >= 11 is 7.21. The lowest BCUT2D eigenvalue weighted by molar-refractivity contribution is 0.415. The Morgan fingerprint density at radius 3 is 2.90 bits per heavy atom. The lowest BCUT2D eigenvalue weighted by atomic mass is 10.3. The zero-order valence-electron chi connectivity index (χ0n) is 10.9. The number of benzene rings is 1. The Bertz CT molecular complexity index is 856. The number of nitrogens with zero attached hydrogens (tertiary/aromatic N) is 3. The van der Waals surface area contributed by atoms with E-state index in [1.54, 1.807) is 13.2 Å². The van der Waals surface area contributed by atoms with Gasteiger partial charge < -0.3 is 9.72 Å². The summed E-state index contributed by atoms with van der Waals surface area (Å²) in [5.74, 6) is 0.760. The van der Waals surface area contributed by atoms with Crippen LogP contribution in [0.1, 0.15) is 5.56 Å². The number of aromatic nitrogens is 3. The van der Waals surface area contributed by atoms with E-state index in [-0.39, 0.29) is 5.15 Å². The maximum absolute atomic E-state index is 8.94. The first-order chi connectivity index (χ1) is 10.2. The molecule has 104 valence electrons. The van der Waals surface area contributed by atoms with Crippen LogP contribution in [0.5, 0.6) is 5.75 Å². The molecular weight excluding hydrogens is 308 g/mol. The zero-order valence-corrected chi connectivity index (χ0v) is 12.5. The fourth-order valence-electron chi connectivity index (χ4n) is 1.83. The summed E-state index contributed by atoms with van der Waals surface area (Å²) in [7, 11) is 1.62. The Morgan fingerprint density at radius 1 is 1.29 bits per heavy atom. The molecular formula is C14H9ClN4OS. The summed E-state index contributed by atoms with van der Waals surface area (Å²) in [4.78, 5) is 11.8. The molecule has 0 fully saturated rings. The van der Waals surface area contributed by atoms with E-state index in [2.05, 4.69) is 21.0 Å². The number of aromatic amines is 1. The number of nitrogens with one attached hydrogen (secondary N) is 1. The van der Waals surface area contributed by atoms with Crippen LogP contribution in [0.4, 0.5) is 0 Å². The van der Waals surface area contributed by atoms with Crippen molar-refractivity contribution in [1.29, 1.82) is 5.26 Å². The second-order valence-electron chi connectivity index (χ2n) is 4.16. The molecule has 21 heavy (non-hydrogen) atoms. The molecule has 7 heteroatoms. The standard InChI is InChI=1S/C14H9ClN4OS/c1-20-9-2-3-10-11(6-9)18-14(17-10)21-13-5-8(7-16)4-12(15)19-13/h2-6H,1H3,(H,17,18). The van der Waals surface area contributed by atoms with Gasteiger partial charge in [-0.1, -0.05) is 11.6 Å². The first kappa shape index (κ1) is 13.7. The quantitative estimate of drug-likeness (QED) is 0.747. The third kappa shape index (κ3) is 2.94. The number of nitriles is 1. The van der Waals surface area contributed by atoms with Gasteiger partial charge in [-0.2, -0.15) is 5.26 Å². The minimum absolute atomic E-state index is 0.286. The van der Waals surface area contributed by atoms with Gasteiger partial charge in [-0.3, -0.25) is 0 Å². The van der Waals surface area contributed by atoms with Crippen molar-refractivity contribution in [2.24, 2.45) is 0 Å². The highest BCUT2D eigenvalue weighted by Crippen LogP contribution is 2.28. The van der Waals surface area contributed by atoms with Gasteiger partial charge in [-0.25, -0.2) is 9.97 Å². The van der Waals surface area contributed by atoms with Crippen LogP contribution in [-0.4, -0.2) is 22.1 Å². The molecule has 0 radical (unpaired) electrons. The van der Waals surface area contributed by atoms with Crippen LogP contribution in [0.2, 0.25) is 5.15 Å². The van der Waals surface area contributed by atoms with Gasteiger partial charge in [0.25, 0.3) is 0 Å². The monoisotopic (exact) mass is 316 g/mol. The molecule has 0 aliphatic rings. The van der Waals surface area contributed by atoms with Crippen molar-refractivity contribution in [2.75, 3.05) is 7.11 Å². The summed E-state index contributed by atoms with van der Waals surface area (Å²) < 4.78 is 5.18. The summed E-state index contributed by atoms with van der Waals surface area (Å²) in [5.41, 5.74) is 2.18. The number of halogens is 1. The number of hydrogen-bond donors (Lipinski definition) is 1. The van der Waals surface area contributed by atoms with Gasteiger partial charge in [0.15, 0.2) is 5.16 Å². The molecule has 0 amide bonds. The van der Waals surface area contributed by atoms with Crippen LogP contribution >= 0.6 is 23.4 Å². The molecule has 2 heterocycles. The van der Waals surface area contributed by atoms with Crippen LogP contribution in [0, 0.1) is 11.3 Å². The van der Waals surface area contributed by atoms with Crippen molar-refractivity contribution in [3.05, 3.63) is 41.0 Å². The highest BCUT2D eigenvalue weighted by molar-refractivity contribution is 7.99. The highest BCUT2D eigenvalue weighted by atomic mass is 35.5. The average molecular weight is 317 g/mol. The fourth-order valence-corrected chi connectivity index (χ4v) is 2.92. The van der Waals surface area contributed by atoms with Gasteiger partial charge in [0.1, 0.15) is 15.9 Å². The smallest absolute Gasteiger partial charge is 0.172 e. The van der Waals surface area contributed by atoms with Gasteiger partial charge in [-0.05, 0) is 36.0 Å². The van der Waals surface area contributed by atoms with Gasteiger partial charge in [0, 0.05) is 6.07 Å². The number of hydrogen-bond acceptors (Lipinski definition) is 5. The molecule has 0 atom stereocenters. The van der Waals surface area contributed by atoms with E-state index in [1.807, 2.05) is 18.2 Å². The van der Waals surface area contributed by atoms with Gasteiger partial charge in [0.05, 0.1) is 29.8 Å². The molecule has 0 aliphatic carbocycles. The van der Waals surface area contributed by atoms with E-state index in [4.69, 9.17) is 21.6 Å². The molecule has 1 N–H and O–H groups in total. The maximum Gasteiger partial charge on any atom is 0.172 e. The van der Waals surface area contributed by atoms with Crippen LogP contribution in [0.25, 0.3) is 11.0 Å². The molecule has 0 aliphatic heterocycles. The van der Waals surface area contributed by atoms with Crippen molar-refractivity contribution < 1.29 is 4.74 Å². The lowest BCUT2D eigenvalue weighted by Gasteiger charge is -1.98. The van der Waals surface area contributed by atoms with Crippen LogP contribution < -0.4 is 4.74 Å². The largest absolute Gasteiger partial charge is 0.497 e. The molecule has 1 aromatic carbocycles. The first-order valence-corrected chi connectivity index (χ1v) is 7.16. The number of rotatable bonds is 3. The van der Waals surface area contributed by atoms with E-state index in [0.717, 1.165) is 16.8 Å². The normalized spacial score (nSPS) is 10.5. The minimum atomic E-state index is 0.286. The third-order valence-electron chi connectivity index (χ3n) is 2.77. The van der Waals surface area contributed by atoms with Gasteiger partial charge in [-0.15, -0.1) is 0 Å². The fraction of sp³-hybridized carbons (Fsp3) is 0.0714. The van der Waals surface area contributed by atoms with Crippen molar-refractivity contribution >= 4 is 34.4 Å². The van der Waals surface area contributed by atoms with Crippen LogP contribution in [-0.2, 0) is 0 Å². The molecule has 5 nitrogen and oxygen atoms in total. The Kier molecular flexibility index (Phi) is 3.69. The number of ether oxygens (including phenoxy) is 1. The number of pyridine rings is 1. The minimum Gasteiger partial charge on any atom is -0.497 e. The molecule has 0 bridgehead atoms. The zero-order chi connectivity index (χ0) is 14.8. The molecule has 0 saturated heterocycles. The summed E-state index contributed by atoms with van der Waals surface area (Å²) in [6.07, 6.45) is 0. The molecule has 3 rings (SSSR count). The van der Waals surface area contributed by atoms with E-state index < -0.39 is 0 Å². The van der Waals surface area contributed by atoms with Gasteiger partial charge >= 0.3 is 0 Å². The van der Waals surface area contributed by atoms with E-state index in [0.29, 0.717) is 15.7 Å². The Hall–Kier alpha value is -2.23. The average Bonchev–Trinajstić information content (AvgIpc) is 2.87. The Balaban J connectivity index is 1.94. The Labute approximate surface area is 129 Å². The summed E-state index contributed by atoms with van der Waals surface area (Å²) in [6, 6.07) is 10.8. The predicted octanol–water partition coefficient (Wildman–Crippen LogP) is 3.64. The number of methoxy groups -OCH3 is 1. The first-order valence-electron chi connectivity index (χ1n) is 5.97. The lowest BCUT2D eigenvalue weighted by Crippen LogP contribution is -1.85. The van der Waals surface area contributed by atoms with Crippen LogP contribution in [0.3, 0.4) is 0 Å². The van der Waals surface area contributed by atoms with Crippen molar-refractivity contribution in [3.63, 3.8) is 0 Å². The third-order valence-corrected chi connectivity index (χ3v) is 3.77. The van der Waals surface area contributed by atoms with Crippen molar-refractivity contribution in [3.8, 4) is 11.8 Å². The highest BCUT2D eigenvalue weighted by Gasteiger charge is 2.08. The predicted molar refractivity (Wildman–Crippen MR) is 80.7 cm³/mol. The Morgan fingerprint density at radius 2 is 2.14 bits per heavy atom. The molecule has 0 spiro atoms. The van der Waals surface area contributed by atoms with Crippen molar-refractivity contribution in [1.82, 2.24) is 15.0 Å². The van der Waals surface area contributed by atoms with Gasteiger partial charge in [0.2, 0.25) is 0 Å². The number of H-pyrrole nitrogens is 1. The molecule has 3 aromatic rings. The summed E-state index contributed by atoms with van der Waals surface area (Å²) in [6.45, 7) is 0. The van der Waals surface area contributed by atoms with E-state index in [1.165, 1.54) is 17.8 Å². The number of imidazole rings is 1. The maximum atomic E-state index is 8.94. The number of fused-ring (bicyclic) bond motifs is 1. The summed E-state index contributed by atoms with van der Waals surface area (Å²) in [5, 5.41) is 10.5. The van der Waals surface area contributed by atoms with E-state index >= 15 is 0 Å². The second kappa shape index (κ2) is 5.64. The molecule has 2 aromatic heterocycles.